The van der Waals surface area contributed by atoms with Crippen LogP contribution in [0.2, 0.25) is 0 Å². The Bertz CT molecular complexity index is 588. The van der Waals surface area contributed by atoms with Gasteiger partial charge in [0.1, 0.15) is 0 Å². The van der Waals surface area contributed by atoms with Crippen molar-refractivity contribution in [3.8, 4) is 0 Å². The lowest BCUT2D eigenvalue weighted by Gasteiger charge is -2.24. The SMILES string of the molecule is S=P(S)(OP(=S)(S)c1ccccc1)c1ccccc1. The van der Waals surface area contributed by atoms with Gasteiger partial charge in [-0.1, -0.05) is 84.3 Å². The van der Waals surface area contributed by atoms with E-state index in [1.54, 1.807) is 0 Å². The van der Waals surface area contributed by atoms with Crippen molar-refractivity contribution in [2.45, 2.75) is 0 Å². The Morgan fingerprint density at radius 1 is 0.684 bits per heavy atom. The van der Waals surface area contributed by atoms with Gasteiger partial charge >= 0.3 is 0 Å². The Morgan fingerprint density at radius 3 is 1.32 bits per heavy atom. The highest BCUT2D eigenvalue weighted by molar-refractivity contribution is 8.70. The fourth-order valence-corrected chi connectivity index (χ4v) is 11.6. The van der Waals surface area contributed by atoms with Crippen LogP contribution in [0.5, 0.6) is 0 Å². The third-order valence-electron chi connectivity index (χ3n) is 2.39. The molecule has 0 heterocycles. The van der Waals surface area contributed by atoms with Crippen molar-refractivity contribution in [2.75, 3.05) is 0 Å². The summed E-state index contributed by atoms with van der Waals surface area (Å²) in [4.78, 5) is 0. The highest BCUT2D eigenvalue weighted by atomic mass is 32.9. The van der Waals surface area contributed by atoms with Crippen LogP contribution in [0, 0.1) is 0 Å². The van der Waals surface area contributed by atoms with Gasteiger partial charge in [-0.2, -0.15) is 0 Å². The van der Waals surface area contributed by atoms with Gasteiger partial charge in [-0.3, -0.25) is 4.31 Å². The van der Waals surface area contributed by atoms with Gasteiger partial charge in [-0.05, 0) is 0 Å². The first-order valence-electron chi connectivity index (χ1n) is 5.40. The Balaban J connectivity index is 2.31. The van der Waals surface area contributed by atoms with E-state index in [1.807, 2.05) is 60.7 Å². The molecular weight excluding hydrogens is 350 g/mol. The number of benzene rings is 2. The second kappa shape index (κ2) is 6.44. The second-order valence-corrected chi connectivity index (χ2v) is 15.7. The Morgan fingerprint density at radius 2 is 1.00 bits per heavy atom. The first-order chi connectivity index (χ1) is 8.92. The molecule has 2 aromatic rings. The van der Waals surface area contributed by atoms with Gasteiger partial charge in [0.05, 0.1) is 0 Å². The van der Waals surface area contributed by atoms with Crippen LogP contribution in [0.4, 0.5) is 0 Å². The smallest absolute Gasteiger partial charge is 0.151 e. The van der Waals surface area contributed by atoms with E-state index in [2.05, 4.69) is 24.5 Å². The lowest BCUT2D eigenvalue weighted by Crippen LogP contribution is -2.05. The highest BCUT2D eigenvalue weighted by Crippen LogP contribution is 2.67. The minimum atomic E-state index is -2.44. The van der Waals surface area contributed by atoms with Gasteiger partial charge in [-0.25, -0.2) is 0 Å². The van der Waals surface area contributed by atoms with Gasteiger partial charge in [0, 0.05) is 10.6 Å². The quantitative estimate of drug-likeness (QED) is 0.626. The number of hydrogen-bond donors (Lipinski definition) is 2. The minimum Gasteiger partial charge on any atom is -0.293 e. The van der Waals surface area contributed by atoms with Crippen molar-refractivity contribution in [3.05, 3.63) is 60.7 Å². The van der Waals surface area contributed by atoms with E-state index in [9.17, 15) is 0 Å². The minimum absolute atomic E-state index is 0.896. The zero-order valence-corrected chi connectivity index (χ0v) is 15.0. The standard InChI is InChI=1S/C12H12OP2S4/c16-14(17,11-7-3-1-4-8-11)13-15(18,19)12-9-5-2-6-10-12/h1-10H,(H,16,17)(H,18,19). The van der Waals surface area contributed by atoms with Crippen molar-refractivity contribution in [2.24, 2.45) is 0 Å². The van der Waals surface area contributed by atoms with E-state index in [0.717, 1.165) is 10.6 Å². The molecule has 2 unspecified atom stereocenters. The molecule has 0 spiro atoms. The number of rotatable bonds is 4. The van der Waals surface area contributed by atoms with Gasteiger partial charge in [-0.15, -0.1) is 24.5 Å². The molecule has 0 aliphatic carbocycles. The van der Waals surface area contributed by atoms with Crippen molar-refractivity contribution in [3.63, 3.8) is 0 Å². The maximum absolute atomic E-state index is 5.98. The summed E-state index contributed by atoms with van der Waals surface area (Å²) in [6, 6.07) is 19.2. The summed E-state index contributed by atoms with van der Waals surface area (Å²) in [7, 11) is 0. The third-order valence-corrected chi connectivity index (χ3v) is 11.2. The first-order valence-corrected chi connectivity index (χ1v) is 13.1. The highest BCUT2D eigenvalue weighted by Gasteiger charge is 2.25. The summed E-state index contributed by atoms with van der Waals surface area (Å²) in [5.41, 5.74) is -4.87. The van der Waals surface area contributed by atoms with E-state index >= 15 is 0 Å². The summed E-state index contributed by atoms with van der Waals surface area (Å²) in [6.45, 7) is 0. The van der Waals surface area contributed by atoms with Gasteiger partial charge < -0.3 is 0 Å². The topological polar surface area (TPSA) is 9.23 Å². The normalized spacial score (nSPS) is 17.4. The molecule has 2 atom stereocenters. The fourth-order valence-electron chi connectivity index (χ4n) is 1.48. The van der Waals surface area contributed by atoms with Crippen molar-refractivity contribution >= 4 is 69.7 Å². The first kappa shape index (κ1) is 15.8. The molecule has 0 aliphatic rings. The van der Waals surface area contributed by atoms with Crippen molar-refractivity contribution in [1.82, 2.24) is 0 Å². The van der Waals surface area contributed by atoms with E-state index in [4.69, 9.17) is 27.9 Å². The molecule has 1 nitrogen and oxygen atoms in total. The van der Waals surface area contributed by atoms with Crippen LogP contribution in [0.1, 0.15) is 0 Å². The summed E-state index contributed by atoms with van der Waals surface area (Å²) in [6.07, 6.45) is 0. The van der Waals surface area contributed by atoms with Gasteiger partial charge in [0.15, 0.2) is 10.9 Å². The molecule has 0 aromatic heterocycles. The summed E-state index contributed by atoms with van der Waals surface area (Å²) >= 11 is 20.1. The zero-order chi connectivity index (χ0) is 13.9. The molecule has 0 saturated heterocycles. The van der Waals surface area contributed by atoms with Crippen molar-refractivity contribution < 1.29 is 4.31 Å². The molecule has 0 fully saturated rings. The molecule has 0 saturated carbocycles. The monoisotopic (exact) mass is 362 g/mol. The van der Waals surface area contributed by atoms with Crippen LogP contribution in [-0.4, -0.2) is 0 Å². The van der Waals surface area contributed by atoms with Crippen LogP contribution in [0.3, 0.4) is 0 Å². The molecule has 19 heavy (non-hydrogen) atoms. The Labute approximate surface area is 134 Å². The maximum atomic E-state index is 5.98. The second-order valence-electron chi connectivity index (χ2n) is 3.79. The van der Waals surface area contributed by atoms with Crippen molar-refractivity contribution in [1.29, 1.82) is 0 Å². The van der Waals surface area contributed by atoms with E-state index in [-0.39, 0.29) is 0 Å². The molecule has 100 valence electrons. The van der Waals surface area contributed by atoms with Crippen LogP contribution in [0.15, 0.2) is 60.7 Å². The molecule has 7 heteroatoms. The predicted octanol–water partition coefficient (Wildman–Crippen LogP) is 4.13. The molecule has 0 bridgehead atoms. The molecule has 2 rings (SSSR count). The third kappa shape index (κ3) is 4.18. The number of hydrogen-bond acceptors (Lipinski definition) is 3. The number of thiol groups is 2. The van der Waals surface area contributed by atoms with Crippen LogP contribution >= 0.6 is 35.4 Å². The van der Waals surface area contributed by atoms with Crippen LogP contribution in [-0.2, 0) is 27.9 Å². The van der Waals surface area contributed by atoms with Gasteiger partial charge in [0.2, 0.25) is 0 Å². The zero-order valence-electron chi connectivity index (χ0n) is 9.79. The Hall–Kier alpha value is 0.400. The Kier molecular flexibility index (Phi) is 5.35. The van der Waals surface area contributed by atoms with E-state index < -0.39 is 10.9 Å². The molecule has 0 radical (unpaired) electrons. The summed E-state index contributed by atoms with van der Waals surface area (Å²) in [5.74, 6) is 0. The maximum Gasteiger partial charge on any atom is 0.151 e. The van der Waals surface area contributed by atoms with E-state index in [1.165, 1.54) is 0 Å². The molecular formula is C12H12OP2S4. The van der Waals surface area contributed by atoms with E-state index in [0.29, 0.717) is 0 Å². The lowest BCUT2D eigenvalue weighted by atomic mass is 10.4. The molecule has 2 aromatic carbocycles. The van der Waals surface area contributed by atoms with Crippen LogP contribution in [0.25, 0.3) is 0 Å². The molecule has 0 aliphatic heterocycles. The predicted molar refractivity (Wildman–Crippen MR) is 99.8 cm³/mol. The average Bonchev–Trinajstić information content (AvgIpc) is 2.40. The molecule has 0 N–H and O–H groups in total. The van der Waals surface area contributed by atoms with Crippen LogP contribution < -0.4 is 10.6 Å². The largest absolute Gasteiger partial charge is 0.293 e. The van der Waals surface area contributed by atoms with Gasteiger partial charge in [0.25, 0.3) is 0 Å². The lowest BCUT2D eigenvalue weighted by molar-refractivity contribution is 0.729. The fraction of sp³-hybridized carbons (Fsp3) is 0. The average molecular weight is 362 g/mol. The summed E-state index contributed by atoms with van der Waals surface area (Å²) in [5, 5.41) is 1.79. The molecule has 0 amide bonds. The summed E-state index contributed by atoms with van der Waals surface area (Å²) < 4.78 is 5.98.